The lowest BCUT2D eigenvalue weighted by atomic mass is 10.1. The van der Waals surface area contributed by atoms with Crippen molar-refractivity contribution < 1.29 is 27.5 Å². The Bertz CT molecular complexity index is 1070. The van der Waals surface area contributed by atoms with Gasteiger partial charge in [0.1, 0.15) is 0 Å². The van der Waals surface area contributed by atoms with Crippen LogP contribution >= 0.6 is 0 Å². The number of rotatable bonds is 14. The van der Waals surface area contributed by atoms with Crippen molar-refractivity contribution >= 4 is 21.8 Å². The van der Waals surface area contributed by atoms with E-state index < -0.39 is 16.0 Å². The Morgan fingerprint density at radius 1 is 1.06 bits per heavy atom. The number of ether oxygens (including phenoxy) is 2. The van der Waals surface area contributed by atoms with E-state index in [1.165, 1.54) is 4.31 Å². The highest BCUT2D eigenvalue weighted by Crippen LogP contribution is 2.18. The molecule has 1 heterocycles. The second-order valence-corrected chi connectivity index (χ2v) is 10.0. The summed E-state index contributed by atoms with van der Waals surface area (Å²) in [7, 11) is -1.85. The zero-order valence-electron chi connectivity index (χ0n) is 20.8. The number of nitrogens with zero attached hydrogens (tertiary/aromatic N) is 2. The van der Waals surface area contributed by atoms with Crippen molar-refractivity contribution in [2.75, 3.05) is 33.4 Å². The first-order valence-corrected chi connectivity index (χ1v) is 13.0. The number of ketones is 1. The van der Waals surface area contributed by atoms with Crippen molar-refractivity contribution in [1.29, 1.82) is 0 Å². The summed E-state index contributed by atoms with van der Waals surface area (Å²) < 4.78 is 38.9. The first kappa shape index (κ1) is 27.8. The molecule has 0 aliphatic rings. The molecule has 0 radical (unpaired) electrons. The van der Waals surface area contributed by atoms with Gasteiger partial charge in [-0.25, -0.2) is 8.42 Å². The number of methoxy groups -OCH3 is 1. The van der Waals surface area contributed by atoms with E-state index in [0.717, 1.165) is 29.9 Å². The third-order valence-electron chi connectivity index (χ3n) is 5.85. The molecule has 34 heavy (non-hydrogen) atoms. The van der Waals surface area contributed by atoms with Crippen LogP contribution in [0.2, 0.25) is 0 Å². The van der Waals surface area contributed by atoms with E-state index in [1.807, 2.05) is 19.9 Å². The van der Waals surface area contributed by atoms with Crippen LogP contribution < -0.4 is 0 Å². The standard InChI is InChI=1S/C25H36N2O6S/c1-6-26(7-2)34(30,31)22-12-9-21(10-13-22)11-14-25(29)33-18-24(28)23-17-19(3)27(20(23)4)15-8-16-32-5/h9-10,12-13,17H,6-8,11,14-16,18H2,1-5H3. The van der Waals surface area contributed by atoms with Gasteiger partial charge in [-0.15, -0.1) is 0 Å². The molecule has 0 bridgehead atoms. The molecule has 2 rings (SSSR count). The summed E-state index contributed by atoms with van der Waals surface area (Å²) in [6.45, 7) is 9.34. The van der Waals surface area contributed by atoms with Crippen molar-refractivity contribution in [2.45, 2.75) is 58.4 Å². The Balaban J connectivity index is 1.88. The van der Waals surface area contributed by atoms with Gasteiger partial charge in [0.2, 0.25) is 15.8 Å². The monoisotopic (exact) mass is 492 g/mol. The molecule has 0 aliphatic heterocycles. The molecule has 9 heteroatoms. The average molecular weight is 493 g/mol. The summed E-state index contributed by atoms with van der Waals surface area (Å²) >= 11 is 0. The van der Waals surface area contributed by atoms with E-state index in [-0.39, 0.29) is 23.7 Å². The number of benzene rings is 1. The van der Waals surface area contributed by atoms with Gasteiger partial charge in [0, 0.05) is 56.7 Å². The van der Waals surface area contributed by atoms with Crippen LogP contribution in [0.1, 0.15) is 54.0 Å². The molecule has 2 aromatic rings. The van der Waals surface area contributed by atoms with Crippen molar-refractivity contribution in [3.05, 3.63) is 52.8 Å². The molecule has 0 atom stereocenters. The normalized spacial score (nSPS) is 11.7. The van der Waals surface area contributed by atoms with Crippen LogP contribution in [0.15, 0.2) is 35.2 Å². The topological polar surface area (TPSA) is 94.9 Å². The lowest BCUT2D eigenvalue weighted by molar-refractivity contribution is -0.142. The largest absolute Gasteiger partial charge is 0.457 e. The Morgan fingerprint density at radius 3 is 2.29 bits per heavy atom. The van der Waals surface area contributed by atoms with Crippen molar-refractivity contribution in [3.8, 4) is 0 Å². The molecule has 8 nitrogen and oxygen atoms in total. The highest BCUT2D eigenvalue weighted by atomic mass is 32.2. The van der Waals surface area contributed by atoms with Gasteiger partial charge in [-0.05, 0) is 50.5 Å². The summed E-state index contributed by atoms with van der Waals surface area (Å²) in [5, 5.41) is 0. The third-order valence-corrected chi connectivity index (χ3v) is 7.92. The molecule has 1 aromatic carbocycles. The minimum atomic E-state index is -3.51. The minimum absolute atomic E-state index is 0.103. The van der Waals surface area contributed by atoms with Crippen molar-refractivity contribution in [3.63, 3.8) is 0 Å². The fraction of sp³-hybridized carbons (Fsp3) is 0.520. The number of carbonyl (C=O) groups is 2. The first-order chi connectivity index (χ1) is 16.1. The van der Waals surface area contributed by atoms with Gasteiger partial charge in [-0.2, -0.15) is 4.31 Å². The zero-order chi connectivity index (χ0) is 25.3. The molecule has 0 aliphatic carbocycles. The number of aromatic nitrogens is 1. The van der Waals surface area contributed by atoms with Gasteiger partial charge < -0.3 is 14.0 Å². The Hall–Kier alpha value is -2.49. The van der Waals surface area contributed by atoms with Crippen LogP contribution in [0, 0.1) is 13.8 Å². The summed E-state index contributed by atoms with van der Waals surface area (Å²) in [6, 6.07) is 8.34. The van der Waals surface area contributed by atoms with Crippen LogP contribution in [0.25, 0.3) is 0 Å². The first-order valence-electron chi connectivity index (χ1n) is 11.6. The summed E-state index contributed by atoms with van der Waals surface area (Å²) in [6.07, 6.45) is 1.34. The smallest absolute Gasteiger partial charge is 0.306 e. The summed E-state index contributed by atoms with van der Waals surface area (Å²) in [5.41, 5.74) is 3.22. The van der Waals surface area contributed by atoms with Gasteiger partial charge in [-0.1, -0.05) is 26.0 Å². The quantitative estimate of drug-likeness (QED) is 0.227. The molecule has 0 spiro atoms. The Kier molecular flexibility index (Phi) is 10.5. The lowest BCUT2D eigenvalue weighted by Crippen LogP contribution is -2.30. The highest BCUT2D eigenvalue weighted by Gasteiger charge is 2.21. The number of aryl methyl sites for hydroxylation is 2. The maximum absolute atomic E-state index is 12.6. The van der Waals surface area contributed by atoms with E-state index in [1.54, 1.807) is 45.2 Å². The van der Waals surface area contributed by atoms with Crippen LogP contribution in [0.3, 0.4) is 0 Å². The van der Waals surface area contributed by atoms with E-state index >= 15 is 0 Å². The lowest BCUT2D eigenvalue weighted by Gasteiger charge is -2.18. The zero-order valence-corrected chi connectivity index (χ0v) is 21.6. The van der Waals surface area contributed by atoms with Gasteiger partial charge in [0.15, 0.2) is 6.61 Å². The molecule has 0 N–H and O–H groups in total. The van der Waals surface area contributed by atoms with Crippen LogP contribution in [-0.2, 0) is 37.3 Å². The Morgan fingerprint density at radius 2 is 1.71 bits per heavy atom. The number of esters is 1. The summed E-state index contributed by atoms with van der Waals surface area (Å²) in [4.78, 5) is 25.0. The van der Waals surface area contributed by atoms with E-state index in [0.29, 0.717) is 31.7 Å². The predicted molar refractivity (Wildman–Crippen MR) is 131 cm³/mol. The molecule has 0 fully saturated rings. The number of hydrogen-bond acceptors (Lipinski definition) is 6. The summed E-state index contributed by atoms with van der Waals surface area (Å²) in [5.74, 6) is -0.701. The highest BCUT2D eigenvalue weighted by molar-refractivity contribution is 7.89. The van der Waals surface area contributed by atoms with Crippen molar-refractivity contribution in [2.24, 2.45) is 0 Å². The maximum atomic E-state index is 12.6. The molecule has 0 amide bonds. The van der Waals surface area contributed by atoms with Crippen LogP contribution in [-0.4, -0.2) is 62.5 Å². The Labute approximate surface area is 202 Å². The van der Waals surface area contributed by atoms with Gasteiger partial charge in [0.25, 0.3) is 0 Å². The second-order valence-electron chi connectivity index (χ2n) is 8.10. The minimum Gasteiger partial charge on any atom is -0.457 e. The van der Waals surface area contributed by atoms with Crippen LogP contribution in [0.4, 0.5) is 0 Å². The second kappa shape index (κ2) is 12.8. The van der Waals surface area contributed by atoms with Gasteiger partial charge in [0.05, 0.1) is 4.90 Å². The average Bonchev–Trinajstić information content (AvgIpc) is 3.10. The molecular weight excluding hydrogens is 456 g/mol. The maximum Gasteiger partial charge on any atom is 0.306 e. The molecule has 0 saturated heterocycles. The van der Waals surface area contributed by atoms with Gasteiger partial charge >= 0.3 is 5.97 Å². The number of Topliss-reactive ketones (excluding diaryl/α,β-unsaturated/α-hetero) is 1. The number of hydrogen-bond donors (Lipinski definition) is 0. The SMILES string of the molecule is CCN(CC)S(=O)(=O)c1ccc(CCC(=O)OCC(=O)c2cc(C)n(CCCOC)c2C)cc1. The molecule has 0 saturated carbocycles. The van der Waals surface area contributed by atoms with Crippen LogP contribution in [0.5, 0.6) is 0 Å². The molecule has 1 aromatic heterocycles. The van der Waals surface area contributed by atoms with E-state index in [4.69, 9.17) is 9.47 Å². The molecule has 0 unspecified atom stereocenters. The fourth-order valence-electron chi connectivity index (χ4n) is 3.88. The van der Waals surface area contributed by atoms with E-state index in [2.05, 4.69) is 4.57 Å². The van der Waals surface area contributed by atoms with Gasteiger partial charge in [-0.3, -0.25) is 9.59 Å². The van der Waals surface area contributed by atoms with E-state index in [9.17, 15) is 18.0 Å². The molecular formula is C25H36N2O6S. The predicted octanol–water partition coefficient (Wildman–Crippen LogP) is 3.53. The van der Waals surface area contributed by atoms with Crippen molar-refractivity contribution in [1.82, 2.24) is 8.87 Å². The number of carbonyl (C=O) groups excluding carboxylic acids is 2. The molecule has 188 valence electrons. The fourth-order valence-corrected chi connectivity index (χ4v) is 5.34. The third kappa shape index (κ3) is 7.01. The number of sulfonamides is 1.